The SMILES string of the molecule is C=C[C@@]1(O[C@]2([C@@H](C)NC3CC3)CC[C@@](C)([C@H]3CC[C@](O)(CC)[C@H](C)O3)O2)O[C@H]([C@@H](CC)C(=O)[C@@H](C)[C@@H](O)[C@H](C)C2O[C@@H](C(CC)C(=O)O)CC[C@@H]2C)[C@@H](C)C[C@H]1C. The lowest BCUT2D eigenvalue weighted by molar-refractivity contribution is -0.395. The van der Waals surface area contributed by atoms with Crippen molar-refractivity contribution < 1.29 is 48.6 Å². The van der Waals surface area contributed by atoms with Crippen LogP contribution in [0.5, 0.6) is 0 Å². The fourth-order valence-corrected chi connectivity index (χ4v) is 11.0. The van der Waals surface area contributed by atoms with Gasteiger partial charge in [-0.1, -0.05) is 62.0 Å². The average molecular weight is 806 g/mol. The summed E-state index contributed by atoms with van der Waals surface area (Å²) in [4.78, 5) is 26.6. The van der Waals surface area contributed by atoms with E-state index in [1.54, 1.807) is 13.0 Å². The first kappa shape index (κ1) is 46.6. The number of carboxylic acids is 1. The highest BCUT2D eigenvalue weighted by atomic mass is 16.8. The van der Waals surface area contributed by atoms with E-state index in [1.165, 1.54) is 0 Å². The zero-order valence-electron chi connectivity index (χ0n) is 37.1. The number of rotatable bonds is 18. The maximum absolute atomic E-state index is 14.6. The molecule has 1 aliphatic carbocycles. The summed E-state index contributed by atoms with van der Waals surface area (Å²) in [5, 5.41) is 36.6. The molecular weight excluding hydrogens is 727 g/mol. The Labute approximate surface area is 343 Å². The molecule has 0 spiro atoms. The number of Topliss-reactive ketones (excluding diaryl/α,β-unsaturated/α-hetero) is 1. The monoisotopic (exact) mass is 806 g/mol. The molecule has 0 aromatic rings. The van der Waals surface area contributed by atoms with Gasteiger partial charge >= 0.3 is 5.97 Å². The first-order chi connectivity index (χ1) is 26.7. The minimum Gasteiger partial charge on any atom is -0.481 e. The average Bonchev–Trinajstić information content (AvgIpc) is 3.93. The summed E-state index contributed by atoms with van der Waals surface area (Å²) in [6.07, 6.45) is 7.63. The third-order valence-electron chi connectivity index (χ3n) is 15.5. The van der Waals surface area contributed by atoms with Crippen molar-refractivity contribution in [3.63, 3.8) is 0 Å². The number of carbonyl (C=O) groups is 2. The van der Waals surface area contributed by atoms with E-state index >= 15 is 0 Å². The summed E-state index contributed by atoms with van der Waals surface area (Å²) in [5.74, 6) is -5.40. The van der Waals surface area contributed by atoms with Gasteiger partial charge in [0.1, 0.15) is 5.78 Å². The standard InChI is InChI=1S/C46H79NO10/c1-13-34(42(50)51)36-20-17-26(5)40(54-36)30(9)38(48)29(8)39(49)35(14-2)41-27(6)25-28(7)45(16-4,55-41)57-46(31(10)47-33-18-19-33)24-23-43(12,56-46)37-21-22-44(52,15-3)32(11)53-37/h16,26-38,40-41,47-48,52H,4,13-15,17-25H2,1-3,5-12H3,(H,50,51)/t26-,27-,28+,29-,30-,31+,32-,34?,35-,36+,37+,38+,40?,41-,43-,44+,45-,46-/m0/s1. The van der Waals surface area contributed by atoms with E-state index in [9.17, 15) is 24.9 Å². The van der Waals surface area contributed by atoms with Crippen molar-refractivity contribution in [2.45, 2.75) is 225 Å². The zero-order chi connectivity index (χ0) is 42.2. The third-order valence-corrected chi connectivity index (χ3v) is 15.5. The van der Waals surface area contributed by atoms with E-state index in [4.69, 9.17) is 23.7 Å². The van der Waals surface area contributed by atoms with Gasteiger partial charge in [0.25, 0.3) is 0 Å². The third kappa shape index (κ3) is 9.41. The molecule has 0 bridgehead atoms. The smallest absolute Gasteiger partial charge is 0.309 e. The molecule has 4 saturated heterocycles. The van der Waals surface area contributed by atoms with Crippen LogP contribution in [-0.2, 0) is 33.3 Å². The first-order valence-corrected chi connectivity index (χ1v) is 22.7. The molecule has 4 N–H and O–H groups in total. The summed E-state index contributed by atoms with van der Waals surface area (Å²) in [7, 11) is 0. The van der Waals surface area contributed by atoms with Gasteiger partial charge in [0, 0.05) is 36.1 Å². The van der Waals surface area contributed by atoms with Crippen LogP contribution in [0.25, 0.3) is 0 Å². The molecule has 18 atom stereocenters. The van der Waals surface area contributed by atoms with Crippen LogP contribution in [0.1, 0.15) is 153 Å². The van der Waals surface area contributed by atoms with Crippen molar-refractivity contribution in [2.24, 2.45) is 41.4 Å². The molecule has 5 fully saturated rings. The Morgan fingerprint density at radius 1 is 0.912 bits per heavy atom. The minimum atomic E-state index is -1.26. The Bertz CT molecular complexity index is 1390. The number of aliphatic hydroxyl groups is 2. The molecule has 0 radical (unpaired) electrons. The quantitative estimate of drug-likeness (QED) is 0.101. The van der Waals surface area contributed by atoms with Crippen molar-refractivity contribution >= 4 is 11.8 Å². The normalized spacial score (nSPS) is 43.4. The molecular formula is C46H79NO10. The van der Waals surface area contributed by atoms with Gasteiger partial charge < -0.3 is 44.3 Å². The van der Waals surface area contributed by atoms with E-state index < -0.39 is 64.8 Å². The van der Waals surface area contributed by atoms with Gasteiger partial charge in [-0.25, -0.2) is 0 Å². The second-order valence-corrected chi connectivity index (χ2v) is 19.5. The van der Waals surface area contributed by atoms with E-state index in [2.05, 4.69) is 46.5 Å². The molecule has 5 aliphatic rings. The van der Waals surface area contributed by atoms with Crippen LogP contribution in [0.15, 0.2) is 12.7 Å². The van der Waals surface area contributed by atoms with E-state index in [0.29, 0.717) is 57.4 Å². The number of carboxylic acid groups (broad SMARTS) is 1. The highest BCUT2D eigenvalue weighted by Gasteiger charge is 2.61. The van der Waals surface area contributed by atoms with Crippen LogP contribution in [0, 0.1) is 41.4 Å². The van der Waals surface area contributed by atoms with Crippen LogP contribution < -0.4 is 5.32 Å². The molecule has 5 rings (SSSR count). The van der Waals surface area contributed by atoms with Gasteiger partial charge in [0.2, 0.25) is 0 Å². The number of aliphatic hydroxyl groups excluding tert-OH is 1. The van der Waals surface area contributed by atoms with Crippen molar-refractivity contribution in [3.05, 3.63) is 12.7 Å². The second kappa shape index (κ2) is 18.3. The maximum Gasteiger partial charge on any atom is 0.309 e. The molecule has 0 amide bonds. The zero-order valence-corrected chi connectivity index (χ0v) is 37.1. The lowest BCUT2D eigenvalue weighted by atomic mass is 9.73. The molecule has 1 saturated carbocycles. The largest absolute Gasteiger partial charge is 0.481 e. The van der Waals surface area contributed by atoms with Crippen molar-refractivity contribution in [2.75, 3.05) is 0 Å². The summed E-state index contributed by atoms with van der Waals surface area (Å²) in [6.45, 7) is 26.4. The lowest BCUT2D eigenvalue weighted by Gasteiger charge is -2.53. The number of hydrogen-bond donors (Lipinski definition) is 4. The summed E-state index contributed by atoms with van der Waals surface area (Å²) < 4.78 is 34.7. The second-order valence-electron chi connectivity index (χ2n) is 19.5. The van der Waals surface area contributed by atoms with Gasteiger partial charge in [0.05, 0.1) is 59.8 Å². The van der Waals surface area contributed by atoms with E-state index in [1.807, 2.05) is 34.6 Å². The molecule has 0 aromatic carbocycles. The highest BCUT2D eigenvalue weighted by Crippen LogP contribution is 2.52. The fourth-order valence-electron chi connectivity index (χ4n) is 11.0. The van der Waals surface area contributed by atoms with E-state index in [0.717, 1.165) is 25.7 Å². The molecule has 11 nitrogen and oxygen atoms in total. The molecule has 4 aliphatic heterocycles. The van der Waals surface area contributed by atoms with Crippen LogP contribution in [-0.4, -0.2) is 98.6 Å². The van der Waals surface area contributed by atoms with Gasteiger partial charge in [-0.05, 0) is 109 Å². The molecule has 11 heteroatoms. The Morgan fingerprint density at radius 2 is 1.58 bits per heavy atom. The van der Waals surface area contributed by atoms with Crippen LogP contribution >= 0.6 is 0 Å². The molecule has 57 heavy (non-hydrogen) atoms. The first-order valence-electron chi connectivity index (χ1n) is 22.7. The van der Waals surface area contributed by atoms with Gasteiger partial charge in [0.15, 0.2) is 11.6 Å². The van der Waals surface area contributed by atoms with Crippen molar-refractivity contribution in [1.29, 1.82) is 0 Å². The Morgan fingerprint density at radius 3 is 2.14 bits per heavy atom. The number of hydrogen-bond acceptors (Lipinski definition) is 10. The van der Waals surface area contributed by atoms with Crippen LogP contribution in [0.4, 0.5) is 0 Å². The van der Waals surface area contributed by atoms with Crippen LogP contribution in [0.3, 0.4) is 0 Å². The lowest BCUT2D eigenvalue weighted by Crippen LogP contribution is -2.63. The topological polar surface area (TPSA) is 153 Å². The number of carbonyl (C=O) groups excluding carboxylic acids is 1. The highest BCUT2D eigenvalue weighted by molar-refractivity contribution is 5.84. The molecule has 2 unspecified atom stereocenters. The van der Waals surface area contributed by atoms with Crippen molar-refractivity contribution in [1.82, 2.24) is 5.32 Å². The molecule has 0 aromatic heterocycles. The van der Waals surface area contributed by atoms with Gasteiger partial charge in [-0.3, -0.25) is 9.59 Å². The van der Waals surface area contributed by atoms with Crippen LogP contribution in [0.2, 0.25) is 0 Å². The Hall–Kier alpha value is -1.44. The summed E-state index contributed by atoms with van der Waals surface area (Å²) in [6, 6.07) is 0.215. The predicted octanol–water partition coefficient (Wildman–Crippen LogP) is 7.58. The van der Waals surface area contributed by atoms with Crippen molar-refractivity contribution in [3.8, 4) is 0 Å². The summed E-state index contributed by atoms with van der Waals surface area (Å²) in [5.41, 5.74) is -1.52. The Kier molecular flexibility index (Phi) is 14.9. The number of nitrogens with one attached hydrogen (secondary N) is 1. The Balaban J connectivity index is 1.36. The van der Waals surface area contributed by atoms with Gasteiger partial charge in [-0.2, -0.15) is 0 Å². The van der Waals surface area contributed by atoms with Gasteiger partial charge in [-0.15, -0.1) is 0 Å². The molecule has 328 valence electrons. The number of ketones is 1. The van der Waals surface area contributed by atoms with E-state index in [-0.39, 0.29) is 53.8 Å². The predicted molar refractivity (Wildman–Crippen MR) is 219 cm³/mol. The number of ether oxygens (including phenoxy) is 5. The fraction of sp³-hybridized carbons (Fsp3) is 0.913. The number of aliphatic carboxylic acids is 1. The summed E-state index contributed by atoms with van der Waals surface area (Å²) >= 11 is 0. The minimum absolute atomic E-state index is 0.0268. The maximum atomic E-state index is 14.6. The molecule has 4 heterocycles.